The lowest BCUT2D eigenvalue weighted by atomic mass is 10.1. The molecule has 0 bridgehead atoms. The second-order valence-electron chi connectivity index (χ2n) is 7.05. The van der Waals surface area contributed by atoms with E-state index < -0.39 is 18.0 Å². The molecule has 4 rings (SSSR count). The lowest BCUT2D eigenvalue weighted by Crippen LogP contribution is -2.33. The van der Waals surface area contributed by atoms with Crippen molar-refractivity contribution in [3.05, 3.63) is 102 Å². The number of anilines is 1. The molecule has 0 aliphatic carbocycles. The molecule has 166 valence electrons. The molecular formula is C25H22N4O4. The van der Waals surface area contributed by atoms with Gasteiger partial charge in [0.2, 0.25) is 11.8 Å². The van der Waals surface area contributed by atoms with Gasteiger partial charge in [0.05, 0.1) is 12.2 Å². The highest BCUT2D eigenvalue weighted by molar-refractivity contribution is 5.92. The quantitative estimate of drug-likeness (QED) is 0.397. The summed E-state index contributed by atoms with van der Waals surface area (Å²) in [7, 11) is 0. The number of rotatable bonds is 7. The number of hydrogen-bond donors (Lipinski definition) is 2. The Labute approximate surface area is 190 Å². The maximum absolute atomic E-state index is 12.8. The van der Waals surface area contributed by atoms with Gasteiger partial charge in [-0.25, -0.2) is 9.59 Å². The maximum Gasteiger partial charge on any atom is 0.338 e. The normalized spacial score (nSPS) is 11.4. The van der Waals surface area contributed by atoms with E-state index in [9.17, 15) is 9.59 Å². The van der Waals surface area contributed by atoms with E-state index in [2.05, 4.69) is 20.8 Å². The maximum atomic E-state index is 12.8. The molecule has 4 aromatic rings. The summed E-state index contributed by atoms with van der Waals surface area (Å²) < 4.78 is 10.9. The third-order valence-corrected chi connectivity index (χ3v) is 4.77. The molecule has 0 fully saturated rings. The Morgan fingerprint density at radius 1 is 0.909 bits per heavy atom. The van der Waals surface area contributed by atoms with Gasteiger partial charge in [-0.2, -0.15) is 0 Å². The number of ether oxygens (including phenoxy) is 1. The SMILES string of the molecule is CCOC(=O)c1ccc(NC(=O)N[C@@H](c2ccccc2)c2nnc(-c3ccccc3)o2)cc1. The second-order valence-corrected chi connectivity index (χ2v) is 7.05. The van der Waals surface area contributed by atoms with Crippen LogP contribution in [0.3, 0.4) is 0 Å². The van der Waals surface area contributed by atoms with Gasteiger partial charge < -0.3 is 19.8 Å². The first kappa shape index (κ1) is 21.8. The monoisotopic (exact) mass is 442 g/mol. The standard InChI is InChI=1S/C25H22N4O4/c1-2-32-24(30)19-13-15-20(16-14-19)26-25(31)27-21(17-9-5-3-6-10-17)23-29-28-22(33-23)18-11-7-4-8-12-18/h3-16,21H,2H2,1H3,(H2,26,27,31)/t21-/m0/s1. The van der Waals surface area contributed by atoms with Crippen LogP contribution in [-0.4, -0.2) is 28.8 Å². The molecule has 0 radical (unpaired) electrons. The van der Waals surface area contributed by atoms with Crippen molar-refractivity contribution in [2.45, 2.75) is 13.0 Å². The molecule has 0 aliphatic heterocycles. The Bertz CT molecular complexity index is 1210. The van der Waals surface area contributed by atoms with E-state index in [1.54, 1.807) is 31.2 Å². The minimum atomic E-state index is -0.657. The van der Waals surface area contributed by atoms with Gasteiger partial charge in [0.1, 0.15) is 6.04 Å². The van der Waals surface area contributed by atoms with Crippen molar-refractivity contribution >= 4 is 17.7 Å². The smallest absolute Gasteiger partial charge is 0.338 e. The minimum absolute atomic E-state index is 0.257. The molecule has 2 N–H and O–H groups in total. The number of amides is 2. The van der Waals surface area contributed by atoms with Gasteiger partial charge in [0.15, 0.2) is 0 Å². The molecular weight excluding hydrogens is 420 g/mol. The first-order valence-electron chi connectivity index (χ1n) is 10.4. The Kier molecular flexibility index (Phi) is 6.75. The zero-order valence-electron chi connectivity index (χ0n) is 17.9. The molecule has 0 aliphatic rings. The van der Waals surface area contributed by atoms with Gasteiger partial charge >= 0.3 is 12.0 Å². The summed E-state index contributed by atoms with van der Waals surface area (Å²) in [6.45, 7) is 2.04. The van der Waals surface area contributed by atoms with E-state index in [4.69, 9.17) is 9.15 Å². The number of nitrogens with zero attached hydrogens (tertiary/aromatic N) is 2. The molecule has 0 unspecified atom stereocenters. The number of aromatic nitrogens is 2. The fourth-order valence-electron chi connectivity index (χ4n) is 3.18. The van der Waals surface area contributed by atoms with Crippen LogP contribution in [0, 0.1) is 0 Å². The van der Waals surface area contributed by atoms with E-state index in [-0.39, 0.29) is 5.89 Å². The van der Waals surface area contributed by atoms with Gasteiger partial charge in [-0.3, -0.25) is 0 Å². The van der Waals surface area contributed by atoms with Gasteiger partial charge in [0.25, 0.3) is 0 Å². The molecule has 0 saturated heterocycles. The second kappa shape index (κ2) is 10.2. The van der Waals surface area contributed by atoms with Gasteiger partial charge in [-0.05, 0) is 48.9 Å². The number of esters is 1. The molecule has 0 saturated carbocycles. The number of nitrogens with one attached hydrogen (secondary N) is 2. The van der Waals surface area contributed by atoms with Crippen LogP contribution in [0.2, 0.25) is 0 Å². The Balaban J connectivity index is 1.51. The van der Waals surface area contributed by atoms with E-state index in [0.29, 0.717) is 23.7 Å². The average Bonchev–Trinajstić information content (AvgIpc) is 3.34. The molecule has 33 heavy (non-hydrogen) atoms. The molecule has 1 aromatic heterocycles. The summed E-state index contributed by atoms with van der Waals surface area (Å²) in [5.74, 6) is 0.208. The van der Waals surface area contributed by atoms with Crippen molar-refractivity contribution in [1.82, 2.24) is 15.5 Å². The van der Waals surface area contributed by atoms with Crippen LogP contribution < -0.4 is 10.6 Å². The number of carbonyl (C=O) groups excluding carboxylic acids is 2. The predicted octanol–water partition coefficient (Wildman–Crippen LogP) is 4.82. The minimum Gasteiger partial charge on any atom is -0.462 e. The van der Waals surface area contributed by atoms with Crippen LogP contribution in [-0.2, 0) is 4.74 Å². The summed E-state index contributed by atoms with van der Waals surface area (Å²) in [5.41, 5.74) is 2.50. The lowest BCUT2D eigenvalue weighted by molar-refractivity contribution is 0.0526. The topological polar surface area (TPSA) is 106 Å². The third-order valence-electron chi connectivity index (χ3n) is 4.77. The molecule has 2 amide bonds. The Hall–Kier alpha value is -4.46. The van der Waals surface area contributed by atoms with Crippen LogP contribution in [0.4, 0.5) is 10.5 Å². The summed E-state index contributed by atoms with van der Waals surface area (Å²) in [6.07, 6.45) is 0. The van der Waals surface area contributed by atoms with Crippen LogP contribution >= 0.6 is 0 Å². The molecule has 1 heterocycles. The molecule has 3 aromatic carbocycles. The van der Waals surface area contributed by atoms with Gasteiger partial charge in [-0.15, -0.1) is 10.2 Å². The zero-order chi connectivity index (χ0) is 23.0. The summed E-state index contributed by atoms with van der Waals surface area (Å²) >= 11 is 0. The Morgan fingerprint density at radius 3 is 2.24 bits per heavy atom. The van der Waals surface area contributed by atoms with Crippen molar-refractivity contribution in [1.29, 1.82) is 0 Å². The first-order valence-corrected chi connectivity index (χ1v) is 10.4. The highest BCUT2D eigenvalue weighted by Crippen LogP contribution is 2.25. The fourth-order valence-corrected chi connectivity index (χ4v) is 3.18. The van der Waals surface area contributed by atoms with Crippen LogP contribution in [0.15, 0.2) is 89.3 Å². The average molecular weight is 442 g/mol. The number of carbonyl (C=O) groups is 2. The Morgan fingerprint density at radius 2 is 1.58 bits per heavy atom. The molecule has 8 nitrogen and oxygen atoms in total. The van der Waals surface area contributed by atoms with Gasteiger partial charge in [0, 0.05) is 11.3 Å². The van der Waals surface area contributed by atoms with E-state index in [0.717, 1.165) is 11.1 Å². The first-order chi connectivity index (χ1) is 16.1. The zero-order valence-corrected chi connectivity index (χ0v) is 17.9. The molecule has 8 heteroatoms. The van der Waals surface area contributed by atoms with Crippen molar-refractivity contribution in [3.63, 3.8) is 0 Å². The van der Waals surface area contributed by atoms with Crippen molar-refractivity contribution in [2.75, 3.05) is 11.9 Å². The van der Waals surface area contributed by atoms with Crippen LogP contribution in [0.25, 0.3) is 11.5 Å². The number of hydrogen-bond acceptors (Lipinski definition) is 6. The van der Waals surface area contributed by atoms with Crippen LogP contribution in [0.1, 0.15) is 34.8 Å². The molecule has 1 atom stereocenters. The third kappa shape index (κ3) is 5.43. The van der Waals surface area contributed by atoms with Crippen molar-refractivity contribution in [3.8, 4) is 11.5 Å². The van der Waals surface area contributed by atoms with Gasteiger partial charge in [-0.1, -0.05) is 48.5 Å². The summed E-state index contributed by atoms with van der Waals surface area (Å²) in [6, 6.07) is 24.1. The van der Waals surface area contributed by atoms with E-state index >= 15 is 0 Å². The highest BCUT2D eigenvalue weighted by Gasteiger charge is 2.23. The summed E-state index contributed by atoms with van der Waals surface area (Å²) in [5, 5.41) is 13.9. The predicted molar refractivity (Wildman–Crippen MR) is 123 cm³/mol. The largest absolute Gasteiger partial charge is 0.462 e. The number of benzene rings is 3. The fraction of sp³-hybridized carbons (Fsp3) is 0.120. The van der Waals surface area contributed by atoms with Crippen LogP contribution in [0.5, 0.6) is 0 Å². The molecule has 0 spiro atoms. The lowest BCUT2D eigenvalue weighted by Gasteiger charge is -2.16. The van der Waals surface area contributed by atoms with E-state index in [1.165, 1.54) is 0 Å². The van der Waals surface area contributed by atoms with Crippen molar-refractivity contribution < 1.29 is 18.7 Å². The van der Waals surface area contributed by atoms with E-state index in [1.807, 2.05) is 60.7 Å². The van der Waals surface area contributed by atoms with Crippen molar-refractivity contribution in [2.24, 2.45) is 0 Å². The summed E-state index contributed by atoms with van der Waals surface area (Å²) in [4.78, 5) is 24.6. The highest BCUT2D eigenvalue weighted by atomic mass is 16.5. The number of urea groups is 1.